The van der Waals surface area contributed by atoms with Gasteiger partial charge in [-0.2, -0.15) is 0 Å². The van der Waals surface area contributed by atoms with Crippen molar-refractivity contribution >= 4 is 11.6 Å². The van der Waals surface area contributed by atoms with Crippen molar-refractivity contribution in [1.29, 1.82) is 0 Å². The maximum atomic E-state index is 5.65. The second-order valence-electron chi connectivity index (χ2n) is 2.57. The molecule has 1 heterocycles. The predicted molar refractivity (Wildman–Crippen MR) is 49.3 cm³/mol. The first-order valence-corrected chi connectivity index (χ1v) is 4.35. The molecule has 13 heavy (non-hydrogen) atoms. The van der Waals surface area contributed by atoms with E-state index in [1.807, 2.05) is 24.3 Å². The van der Waals surface area contributed by atoms with Gasteiger partial charge in [0, 0.05) is 11.4 Å². The van der Waals surface area contributed by atoms with E-state index in [4.69, 9.17) is 16.0 Å². The normalized spacial score (nSPS) is 10.2. The molecule has 0 unspecified atom stereocenters. The van der Waals surface area contributed by atoms with E-state index in [-0.39, 0.29) is 0 Å². The number of hydrogen-bond acceptors (Lipinski definition) is 3. The van der Waals surface area contributed by atoms with E-state index in [2.05, 4.69) is 10.2 Å². The molecule has 0 radical (unpaired) electrons. The van der Waals surface area contributed by atoms with E-state index in [1.54, 1.807) is 0 Å². The van der Waals surface area contributed by atoms with Crippen LogP contribution < -0.4 is 0 Å². The molecule has 0 aliphatic rings. The lowest BCUT2D eigenvalue weighted by molar-refractivity contribution is 0.568. The highest BCUT2D eigenvalue weighted by molar-refractivity contribution is 6.17. The molecule has 0 N–H and O–H groups in total. The van der Waals surface area contributed by atoms with Crippen molar-refractivity contribution < 1.29 is 4.42 Å². The molecule has 0 aliphatic heterocycles. The summed E-state index contributed by atoms with van der Waals surface area (Å²) in [5, 5.41) is 7.39. The van der Waals surface area contributed by atoms with Crippen LogP contribution in [0.15, 0.2) is 35.1 Å². The highest BCUT2D eigenvalue weighted by Gasteiger charge is 2.01. The molecule has 3 nitrogen and oxygen atoms in total. The van der Waals surface area contributed by atoms with E-state index in [0.717, 1.165) is 11.1 Å². The summed E-state index contributed by atoms with van der Waals surface area (Å²) in [5.74, 6) is 1.05. The molecule has 1 aromatic heterocycles. The van der Waals surface area contributed by atoms with Gasteiger partial charge in [0.25, 0.3) is 0 Å². The van der Waals surface area contributed by atoms with Crippen LogP contribution in [0.4, 0.5) is 0 Å². The summed E-state index contributed by atoms with van der Waals surface area (Å²) in [5.41, 5.74) is 1.98. The molecule has 0 aliphatic carbocycles. The molecule has 0 saturated carbocycles. The summed E-state index contributed by atoms with van der Waals surface area (Å²) in [4.78, 5) is 0. The number of nitrogens with zero attached hydrogens (tertiary/aromatic N) is 2. The molecule has 1 aromatic carbocycles. The molecule has 0 spiro atoms. The van der Waals surface area contributed by atoms with Gasteiger partial charge in [0.2, 0.25) is 12.3 Å². The molecule has 2 rings (SSSR count). The van der Waals surface area contributed by atoms with E-state index >= 15 is 0 Å². The van der Waals surface area contributed by atoms with Crippen molar-refractivity contribution in [2.75, 3.05) is 0 Å². The number of hydrogen-bond donors (Lipinski definition) is 0. The Balaban J connectivity index is 2.33. The number of rotatable bonds is 2. The number of halogens is 1. The average molecular weight is 195 g/mol. The average Bonchev–Trinajstić information content (AvgIpc) is 2.71. The molecule has 0 saturated heterocycles. The highest BCUT2D eigenvalue weighted by Crippen LogP contribution is 2.16. The Bertz CT molecular complexity index is 369. The van der Waals surface area contributed by atoms with E-state index in [9.17, 15) is 0 Å². The monoisotopic (exact) mass is 194 g/mol. The summed E-state index contributed by atoms with van der Waals surface area (Å²) in [6.07, 6.45) is 1.31. The van der Waals surface area contributed by atoms with Crippen molar-refractivity contribution in [1.82, 2.24) is 10.2 Å². The Morgan fingerprint density at radius 1 is 1.23 bits per heavy atom. The smallest absolute Gasteiger partial charge is 0.247 e. The minimum atomic E-state index is 0.518. The van der Waals surface area contributed by atoms with Gasteiger partial charge in [-0.3, -0.25) is 0 Å². The summed E-state index contributed by atoms with van der Waals surface area (Å²) in [6, 6.07) is 7.69. The fourth-order valence-electron chi connectivity index (χ4n) is 1.04. The van der Waals surface area contributed by atoms with Gasteiger partial charge < -0.3 is 4.42 Å². The van der Waals surface area contributed by atoms with Crippen molar-refractivity contribution in [3.8, 4) is 11.5 Å². The largest absolute Gasteiger partial charge is 0.423 e. The third-order valence-corrected chi connectivity index (χ3v) is 2.02. The Labute approximate surface area is 80.4 Å². The van der Waals surface area contributed by atoms with Gasteiger partial charge in [0.05, 0.1) is 0 Å². The standard InChI is InChI=1S/C9H7ClN2O/c10-5-7-1-3-8(4-2-7)9-12-11-6-13-9/h1-4,6H,5H2. The van der Waals surface area contributed by atoms with Gasteiger partial charge in [0.1, 0.15) is 0 Å². The Morgan fingerprint density at radius 2 is 2.00 bits per heavy atom. The van der Waals surface area contributed by atoms with Crippen molar-refractivity contribution in [3.63, 3.8) is 0 Å². The first kappa shape index (κ1) is 8.26. The fraction of sp³-hybridized carbons (Fsp3) is 0.111. The van der Waals surface area contributed by atoms with Crippen LogP contribution in [0.25, 0.3) is 11.5 Å². The number of alkyl halides is 1. The summed E-state index contributed by atoms with van der Waals surface area (Å²) in [7, 11) is 0. The third-order valence-electron chi connectivity index (χ3n) is 1.72. The van der Waals surface area contributed by atoms with Crippen LogP contribution in [-0.4, -0.2) is 10.2 Å². The van der Waals surface area contributed by atoms with E-state index in [1.165, 1.54) is 6.39 Å². The van der Waals surface area contributed by atoms with Crippen LogP contribution >= 0.6 is 11.6 Å². The Hall–Kier alpha value is -1.35. The molecule has 0 atom stereocenters. The minimum Gasteiger partial charge on any atom is -0.423 e. The highest BCUT2D eigenvalue weighted by atomic mass is 35.5. The molecule has 0 bridgehead atoms. The zero-order valence-electron chi connectivity index (χ0n) is 6.77. The van der Waals surface area contributed by atoms with Gasteiger partial charge in [-0.15, -0.1) is 21.8 Å². The van der Waals surface area contributed by atoms with Gasteiger partial charge in [-0.25, -0.2) is 0 Å². The zero-order valence-corrected chi connectivity index (χ0v) is 7.53. The first-order chi connectivity index (χ1) is 6.40. The van der Waals surface area contributed by atoms with Crippen molar-refractivity contribution in [2.24, 2.45) is 0 Å². The molecule has 2 aromatic rings. The SMILES string of the molecule is ClCc1ccc(-c2nnco2)cc1. The lowest BCUT2D eigenvalue weighted by Gasteiger charge is -1.96. The molecule has 0 fully saturated rings. The van der Waals surface area contributed by atoms with Gasteiger partial charge >= 0.3 is 0 Å². The Kier molecular flexibility index (Phi) is 2.27. The molecule has 4 heteroatoms. The van der Waals surface area contributed by atoms with Crippen LogP contribution in [0, 0.1) is 0 Å². The van der Waals surface area contributed by atoms with Crippen LogP contribution in [0.3, 0.4) is 0 Å². The lowest BCUT2D eigenvalue weighted by atomic mass is 10.1. The minimum absolute atomic E-state index is 0.518. The Morgan fingerprint density at radius 3 is 2.54 bits per heavy atom. The molecular weight excluding hydrogens is 188 g/mol. The second kappa shape index (κ2) is 3.58. The van der Waals surface area contributed by atoms with Crippen LogP contribution in [-0.2, 0) is 5.88 Å². The topological polar surface area (TPSA) is 38.9 Å². The van der Waals surface area contributed by atoms with E-state index in [0.29, 0.717) is 11.8 Å². The molecule has 0 amide bonds. The summed E-state index contributed by atoms with van der Waals surface area (Å²) in [6.45, 7) is 0. The maximum absolute atomic E-state index is 5.65. The predicted octanol–water partition coefficient (Wildman–Crippen LogP) is 2.48. The van der Waals surface area contributed by atoms with Crippen molar-refractivity contribution in [3.05, 3.63) is 36.2 Å². The second-order valence-corrected chi connectivity index (χ2v) is 2.84. The van der Waals surface area contributed by atoms with Crippen LogP contribution in [0.5, 0.6) is 0 Å². The summed E-state index contributed by atoms with van der Waals surface area (Å²) >= 11 is 5.65. The number of benzene rings is 1. The van der Waals surface area contributed by atoms with Crippen LogP contribution in [0.2, 0.25) is 0 Å². The third kappa shape index (κ3) is 1.70. The van der Waals surface area contributed by atoms with Gasteiger partial charge in [0.15, 0.2) is 0 Å². The fourth-order valence-corrected chi connectivity index (χ4v) is 1.21. The number of aromatic nitrogens is 2. The van der Waals surface area contributed by atoms with E-state index < -0.39 is 0 Å². The molecular formula is C9H7ClN2O. The summed E-state index contributed by atoms with van der Waals surface area (Å²) < 4.78 is 5.04. The van der Waals surface area contributed by atoms with Crippen LogP contribution in [0.1, 0.15) is 5.56 Å². The van der Waals surface area contributed by atoms with Gasteiger partial charge in [-0.05, 0) is 17.7 Å². The van der Waals surface area contributed by atoms with Crippen molar-refractivity contribution in [2.45, 2.75) is 5.88 Å². The maximum Gasteiger partial charge on any atom is 0.247 e. The molecule has 66 valence electrons. The lowest BCUT2D eigenvalue weighted by Crippen LogP contribution is -1.80. The zero-order chi connectivity index (χ0) is 9.10. The first-order valence-electron chi connectivity index (χ1n) is 3.81. The quantitative estimate of drug-likeness (QED) is 0.690. The van der Waals surface area contributed by atoms with Gasteiger partial charge in [-0.1, -0.05) is 12.1 Å².